The van der Waals surface area contributed by atoms with Gasteiger partial charge < -0.3 is 24.4 Å². The standard InChI is InChI=1S/C18H26N2O4/c1-12-6-4-5-7-20(12)18(21)13(2)19-10-14-8-15(22-3)17-16(9-14)23-11-24-17/h8-9,12-13,19H,4-7,10-11H2,1-3H3. The number of piperidine rings is 1. The van der Waals surface area contributed by atoms with Crippen molar-refractivity contribution in [1.82, 2.24) is 10.2 Å². The summed E-state index contributed by atoms with van der Waals surface area (Å²) in [5.74, 6) is 2.17. The van der Waals surface area contributed by atoms with Crippen molar-refractivity contribution < 1.29 is 19.0 Å². The van der Waals surface area contributed by atoms with Gasteiger partial charge in [0.2, 0.25) is 18.4 Å². The molecule has 0 spiro atoms. The van der Waals surface area contributed by atoms with Crippen molar-refractivity contribution in [1.29, 1.82) is 0 Å². The van der Waals surface area contributed by atoms with Crippen molar-refractivity contribution in [2.24, 2.45) is 0 Å². The van der Waals surface area contributed by atoms with Gasteiger partial charge in [-0.2, -0.15) is 0 Å². The highest BCUT2D eigenvalue weighted by molar-refractivity contribution is 5.81. The van der Waals surface area contributed by atoms with Gasteiger partial charge in [-0.15, -0.1) is 0 Å². The van der Waals surface area contributed by atoms with E-state index in [9.17, 15) is 4.79 Å². The molecule has 6 nitrogen and oxygen atoms in total. The first-order valence-electron chi connectivity index (χ1n) is 8.60. The predicted octanol–water partition coefficient (Wildman–Crippen LogP) is 2.30. The Morgan fingerprint density at radius 3 is 3.00 bits per heavy atom. The molecule has 2 atom stereocenters. The van der Waals surface area contributed by atoms with Gasteiger partial charge in [-0.25, -0.2) is 0 Å². The number of hydrogen-bond donors (Lipinski definition) is 1. The number of fused-ring (bicyclic) bond motifs is 1. The van der Waals surface area contributed by atoms with Gasteiger partial charge in [0, 0.05) is 19.1 Å². The van der Waals surface area contributed by atoms with Crippen LogP contribution < -0.4 is 19.5 Å². The van der Waals surface area contributed by atoms with Crippen LogP contribution >= 0.6 is 0 Å². The zero-order chi connectivity index (χ0) is 17.1. The van der Waals surface area contributed by atoms with E-state index >= 15 is 0 Å². The SMILES string of the molecule is COc1cc(CNC(C)C(=O)N2CCCCC2C)cc2c1OCO2. The van der Waals surface area contributed by atoms with E-state index in [0.29, 0.717) is 29.8 Å². The lowest BCUT2D eigenvalue weighted by atomic mass is 10.0. The van der Waals surface area contributed by atoms with Gasteiger partial charge in [0.05, 0.1) is 13.2 Å². The number of nitrogens with one attached hydrogen (secondary N) is 1. The first kappa shape index (κ1) is 16.9. The van der Waals surface area contributed by atoms with Gasteiger partial charge >= 0.3 is 0 Å². The lowest BCUT2D eigenvalue weighted by Crippen LogP contribution is -2.50. The van der Waals surface area contributed by atoms with E-state index in [-0.39, 0.29) is 18.7 Å². The summed E-state index contributed by atoms with van der Waals surface area (Å²) in [4.78, 5) is 14.6. The Labute approximate surface area is 143 Å². The van der Waals surface area contributed by atoms with Crippen LogP contribution in [0.15, 0.2) is 12.1 Å². The van der Waals surface area contributed by atoms with Crippen LogP contribution in [0.1, 0.15) is 38.7 Å². The second-order valence-corrected chi connectivity index (χ2v) is 6.51. The lowest BCUT2D eigenvalue weighted by Gasteiger charge is -2.35. The average Bonchev–Trinajstić information content (AvgIpc) is 3.07. The van der Waals surface area contributed by atoms with Crippen LogP contribution in [-0.4, -0.2) is 43.3 Å². The van der Waals surface area contributed by atoms with Gasteiger partial charge in [-0.3, -0.25) is 4.79 Å². The van der Waals surface area contributed by atoms with Crippen LogP contribution in [0.4, 0.5) is 0 Å². The molecular weight excluding hydrogens is 308 g/mol. The van der Waals surface area contributed by atoms with Crippen LogP contribution in [0.2, 0.25) is 0 Å². The predicted molar refractivity (Wildman–Crippen MR) is 90.4 cm³/mol. The zero-order valence-corrected chi connectivity index (χ0v) is 14.6. The second kappa shape index (κ2) is 7.30. The summed E-state index contributed by atoms with van der Waals surface area (Å²) in [7, 11) is 1.61. The topological polar surface area (TPSA) is 60.0 Å². The lowest BCUT2D eigenvalue weighted by molar-refractivity contribution is -0.136. The van der Waals surface area contributed by atoms with Gasteiger partial charge in [0.1, 0.15) is 0 Å². The van der Waals surface area contributed by atoms with E-state index in [1.165, 1.54) is 6.42 Å². The van der Waals surface area contributed by atoms with Gasteiger partial charge in [0.25, 0.3) is 0 Å². The highest BCUT2D eigenvalue weighted by Gasteiger charge is 2.27. The third-order valence-electron chi connectivity index (χ3n) is 4.79. The molecule has 6 heteroatoms. The maximum Gasteiger partial charge on any atom is 0.239 e. The molecule has 3 rings (SSSR count). The molecule has 2 heterocycles. The number of ether oxygens (including phenoxy) is 3. The molecular formula is C18H26N2O4. The maximum absolute atomic E-state index is 12.6. The van der Waals surface area contributed by atoms with Gasteiger partial charge in [0.15, 0.2) is 11.5 Å². The molecule has 2 unspecified atom stereocenters. The number of benzene rings is 1. The Morgan fingerprint density at radius 1 is 1.42 bits per heavy atom. The minimum Gasteiger partial charge on any atom is -0.493 e. The van der Waals surface area contributed by atoms with Crippen molar-refractivity contribution >= 4 is 5.91 Å². The molecule has 2 aliphatic rings. The number of hydrogen-bond acceptors (Lipinski definition) is 5. The molecule has 0 radical (unpaired) electrons. The fourth-order valence-electron chi connectivity index (χ4n) is 3.32. The zero-order valence-electron chi connectivity index (χ0n) is 14.6. The van der Waals surface area contributed by atoms with Crippen LogP contribution in [0, 0.1) is 0 Å². The Kier molecular flexibility index (Phi) is 5.14. The summed E-state index contributed by atoms with van der Waals surface area (Å²) in [6, 6.07) is 3.96. The van der Waals surface area contributed by atoms with Crippen LogP contribution in [0.5, 0.6) is 17.2 Å². The number of rotatable bonds is 5. The number of nitrogens with zero attached hydrogens (tertiary/aromatic N) is 1. The minimum atomic E-state index is -0.220. The van der Waals surface area contributed by atoms with Gasteiger partial charge in [-0.05, 0) is 50.8 Å². The Bertz CT molecular complexity index is 605. The van der Waals surface area contributed by atoms with E-state index in [4.69, 9.17) is 14.2 Å². The molecule has 0 aliphatic carbocycles. The van der Waals surface area contributed by atoms with Crippen molar-refractivity contribution in [2.75, 3.05) is 20.4 Å². The quantitative estimate of drug-likeness (QED) is 0.895. The molecule has 1 amide bonds. The third kappa shape index (κ3) is 3.43. The Morgan fingerprint density at radius 2 is 2.25 bits per heavy atom. The monoisotopic (exact) mass is 334 g/mol. The molecule has 2 aliphatic heterocycles. The average molecular weight is 334 g/mol. The van der Waals surface area contributed by atoms with Crippen molar-refractivity contribution in [3.8, 4) is 17.2 Å². The smallest absolute Gasteiger partial charge is 0.239 e. The summed E-state index contributed by atoms with van der Waals surface area (Å²) in [6.07, 6.45) is 3.41. The summed E-state index contributed by atoms with van der Waals surface area (Å²) < 4.78 is 16.2. The first-order chi connectivity index (χ1) is 11.6. The summed E-state index contributed by atoms with van der Waals surface area (Å²) >= 11 is 0. The third-order valence-corrected chi connectivity index (χ3v) is 4.79. The number of methoxy groups -OCH3 is 1. The molecule has 132 valence electrons. The molecule has 1 fully saturated rings. The fraction of sp³-hybridized carbons (Fsp3) is 0.611. The Balaban J connectivity index is 1.62. The van der Waals surface area contributed by atoms with Crippen LogP contribution in [0.3, 0.4) is 0 Å². The first-order valence-corrected chi connectivity index (χ1v) is 8.60. The molecule has 1 saturated heterocycles. The molecule has 24 heavy (non-hydrogen) atoms. The summed E-state index contributed by atoms with van der Waals surface area (Å²) in [6.45, 7) is 5.71. The van der Waals surface area contributed by atoms with Crippen molar-refractivity contribution in [3.05, 3.63) is 17.7 Å². The summed E-state index contributed by atoms with van der Waals surface area (Å²) in [5.41, 5.74) is 1.00. The van der Waals surface area contributed by atoms with E-state index < -0.39 is 0 Å². The number of carbonyl (C=O) groups is 1. The van der Waals surface area contributed by atoms with E-state index in [0.717, 1.165) is 24.9 Å². The number of carbonyl (C=O) groups excluding carboxylic acids is 1. The fourth-order valence-corrected chi connectivity index (χ4v) is 3.32. The highest BCUT2D eigenvalue weighted by atomic mass is 16.7. The minimum absolute atomic E-state index is 0.176. The van der Waals surface area contributed by atoms with E-state index in [1.54, 1.807) is 7.11 Å². The molecule has 1 aromatic rings. The van der Waals surface area contributed by atoms with E-state index in [1.807, 2.05) is 24.0 Å². The summed E-state index contributed by atoms with van der Waals surface area (Å²) in [5, 5.41) is 3.32. The van der Waals surface area contributed by atoms with Crippen molar-refractivity contribution in [2.45, 2.75) is 51.7 Å². The second-order valence-electron chi connectivity index (χ2n) is 6.51. The normalized spacial score (nSPS) is 20.8. The molecule has 0 bridgehead atoms. The maximum atomic E-state index is 12.6. The van der Waals surface area contributed by atoms with E-state index in [2.05, 4.69) is 12.2 Å². The molecule has 0 aromatic heterocycles. The van der Waals surface area contributed by atoms with Crippen LogP contribution in [-0.2, 0) is 11.3 Å². The Hall–Kier alpha value is -1.95. The van der Waals surface area contributed by atoms with Crippen molar-refractivity contribution in [3.63, 3.8) is 0 Å². The largest absolute Gasteiger partial charge is 0.493 e. The highest BCUT2D eigenvalue weighted by Crippen LogP contribution is 2.41. The molecule has 1 N–H and O–H groups in total. The molecule has 0 saturated carbocycles. The number of amides is 1. The van der Waals surface area contributed by atoms with Gasteiger partial charge in [-0.1, -0.05) is 0 Å². The molecule has 1 aromatic carbocycles. The number of likely N-dealkylation sites (tertiary alicyclic amines) is 1. The van der Waals surface area contributed by atoms with Crippen LogP contribution in [0.25, 0.3) is 0 Å².